The van der Waals surface area contributed by atoms with Crippen molar-refractivity contribution in [2.75, 3.05) is 5.32 Å². The van der Waals surface area contributed by atoms with Gasteiger partial charge in [0.15, 0.2) is 11.6 Å². The van der Waals surface area contributed by atoms with E-state index in [0.29, 0.717) is 6.54 Å². The van der Waals surface area contributed by atoms with Gasteiger partial charge in [-0.1, -0.05) is 18.2 Å². The summed E-state index contributed by atoms with van der Waals surface area (Å²) in [5, 5.41) is 12.5. The van der Waals surface area contributed by atoms with Crippen molar-refractivity contribution in [2.24, 2.45) is 0 Å². The zero-order chi connectivity index (χ0) is 14.0. The van der Waals surface area contributed by atoms with Crippen LogP contribution in [0.3, 0.4) is 0 Å². The topological polar surface area (TPSA) is 32.3 Å². The number of aryl methyl sites for hydroxylation is 2. The van der Waals surface area contributed by atoms with Crippen LogP contribution in [0.25, 0.3) is 0 Å². The molecule has 0 aromatic heterocycles. The van der Waals surface area contributed by atoms with E-state index in [1.54, 1.807) is 13.8 Å². The zero-order valence-electron chi connectivity index (χ0n) is 10.8. The standard InChI is InChI=1S/C15H15F2NO/c1-9-6-11(7-10(2)15(9)19)8-18-13-5-3-4-12(16)14(13)17/h3-7,18-19H,8H2,1-2H3. The Labute approximate surface area is 110 Å². The molecule has 2 N–H and O–H groups in total. The second kappa shape index (κ2) is 5.26. The fraction of sp³-hybridized carbons (Fsp3) is 0.200. The highest BCUT2D eigenvalue weighted by molar-refractivity contribution is 5.47. The molecule has 0 aliphatic heterocycles. The lowest BCUT2D eigenvalue weighted by Crippen LogP contribution is -2.03. The largest absolute Gasteiger partial charge is 0.507 e. The molecule has 2 rings (SSSR count). The lowest BCUT2D eigenvalue weighted by Gasteiger charge is -2.11. The lowest BCUT2D eigenvalue weighted by atomic mass is 10.1. The molecule has 0 amide bonds. The first-order chi connectivity index (χ1) is 8.99. The van der Waals surface area contributed by atoms with Gasteiger partial charge >= 0.3 is 0 Å². The Balaban J connectivity index is 2.17. The third-order valence-corrected chi connectivity index (χ3v) is 2.99. The Hall–Kier alpha value is -2.10. The molecule has 0 fully saturated rings. The van der Waals surface area contributed by atoms with Crippen molar-refractivity contribution in [1.82, 2.24) is 0 Å². The Morgan fingerprint density at radius 3 is 2.37 bits per heavy atom. The second-order valence-electron chi connectivity index (χ2n) is 4.53. The van der Waals surface area contributed by atoms with Crippen molar-refractivity contribution in [3.8, 4) is 5.75 Å². The van der Waals surface area contributed by atoms with Gasteiger partial charge < -0.3 is 10.4 Å². The fourth-order valence-corrected chi connectivity index (χ4v) is 1.99. The molecule has 0 atom stereocenters. The van der Waals surface area contributed by atoms with Crippen molar-refractivity contribution in [3.05, 3.63) is 58.7 Å². The first-order valence-corrected chi connectivity index (χ1v) is 5.96. The quantitative estimate of drug-likeness (QED) is 0.880. The Morgan fingerprint density at radius 2 is 1.74 bits per heavy atom. The van der Waals surface area contributed by atoms with E-state index >= 15 is 0 Å². The van der Waals surface area contributed by atoms with Gasteiger partial charge in [0.2, 0.25) is 0 Å². The van der Waals surface area contributed by atoms with Crippen molar-refractivity contribution < 1.29 is 13.9 Å². The van der Waals surface area contributed by atoms with E-state index in [9.17, 15) is 13.9 Å². The van der Waals surface area contributed by atoms with Gasteiger partial charge in [-0.2, -0.15) is 0 Å². The first-order valence-electron chi connectivity index (χ1n) is 5.96. The Morgan fingerprint density at radius 1 is 1.11 bits per heavy atom. The van der Waals surface area contributed by atoms with Crippen molar-refractivity contribution in [2.45, 2.75) is 20.4 Å². The summed E-state index contributed by atoms with van der Waals surface area (Å²) in [4.78, 5) is 0. The Kier molecular flexibility index (Phi) is 3.69. The van der Waals surface area contributed by atoms with E-state index in [4.69, 9.17) is 0 Å². The second-order valence-corrected chi connectivity index (χ2v) is 4.53. The van der Waals surface area contributed by atoms with E-state index in [-0.39, 0.29) is 11.4 Å². The highest BCUT2D eigenvalue weighted by Gasteiger charge is 2.08. The summed E-state index contributed by atoms with van der Waals surface area (Å²) in [7, 11) is 0. The molecule has 0 bridgehead atoms. The van der Waals surface area contributed by atoms with Gasteiger partial charge in [-0.3, -0.25) is 0 Å². The lowest BCUT2D eigenvalue weighted by molar-refractivity contribution is 0.466. The number of halogens is 2. The summed E-state index contributed by atoms with van der Waals surface area (Å²) in [5.41, 5.74) is 2.55. The smallest absolute Gasteiger partial charge is 0.181 e. The van der Waals surface area contributed by atoms with Crippen LogP contribution >= 0.6 is 0 Å². The predicted octanol–water partition coefficient (Wildman–Crippen LogP) is 3.90. The molecule has 0 spiro atoms. The molecule has 2 nitrogen and oxygen atoms in total. The van der Waals surface area contributed by atoms with Crippen LogP contribution in [0.15, 0.2) is 30.3 Å². The van der Waals surface area contributed by atoms with Crippen LogP contribution in [-0.2, 0) is 6.54 Å². The number of nitrogens with one attached hydrogen (secondary N) is 1. The summed E-state index contributed by atoms with van der Waals surface area (Å²) in [6, 6.07) is 7.64. The van der Waals surface area contributed by atoms with Gasteiger partial charge in [-0.15, -0.1) is 0 Å². The number of benzene rings is 2. The molecule has 0 heterocycles. The number of hydrogen-bond donors (Lipinski definition) is 2. The summed E-state index contributed by atoms with van der Waals surface area (Å²) in [5.74, 6) is -1.49. The normalized spacial score (nSPS) is 10.5. The highest BCUT2D eigenvalue weighted by atomic mass is 19.2. The van der Waals surface area contributed by atoms with Crippen LogP contribution in [0, 0.1) is 25.5 Å². The highest BCUT2D eigenvalue weighted by Crippen LogP contribution is 2.24. The summed E-state index contributed by atoms with van der Waals surface area (Å²) in [6.07, 6.45) is 0. The molecule has 0 unspecified atom stereocenters. The van der Waals surface area contributed by atoms with Gasteiger partial charge in [0.1, 0.15) is 5.75 Å². The van der Waals surface area contributed by atoms with Crippen LogP contribution in [0.4, 0.5) is 14.5 Å². The van der Waals surface area contributed by atoms with E-state index in [0.717, 1.165) is 22.8 Å². The molecule has 0 aliphatic rings. The van der Waals surface area contributed by atoms with Crippen LogP contribution in [-0.4, -0.2) is 5.11 Å². The number of hydrogen-bond acceptors (Lipinski definition) is 2. The molecule has 0 saturated heterocycles. The van der Waals surface area contributed by atoms with Crippen LogP contribution in [0.2, 0.25) is 0 Å². The van der Waals surface area contributed by atoms with Crippen LogP contribution in [0.1, 0.15) is 16.7 Å². The number of anilines is 1. The molecule has 0 saturated carbocycles. The van der Waals surface area contributed by atoms with Crippen molar-refractivity contribution >= 4 is 5.69 Å². The molecular weight excluding hydrogens is 248 g/mol. The summed E-state index contributed by atoms with van der Waals surface area (Å²) < 4.78 is 26.5. The van der Waals surface area contributed by atoms with Gasteiger partial charge in [0, 0.05) is 6.54 Å². The molecule has 2 aromatic rings. The maximum absolute atomic E-state index is 13.4. The third-order valence-electron chi connectivity index (χ3n) is 2.99. The molecular formula is C15H15F2NO. The molecule has 0 radical (unpaired) electrons. The fourth-order valence-electron chi connectivity index (χ4n) is 1.99. The number of phenols is 1. The first kappa shape index (κ1) is 13.3. The average Bonchev–Trinajstić information content (AvgIpc) is 2.37. The number of aromatic hydroxyl groups is 1. The van der Waals surface area contributed by atoms with Crippen molar-refractivity contribution in [1.29, 1.82) is 0 Å². The summed E-state index contributed by atoms with van der Waals surface area (Å²) in [6.45, 7) is 3.96. The minimum atomic E-state index is -0.880. The van der Waals surface area contributed by atoms with Crippen molar-refractivity contribution in [3.63, 3.8) is 0 Å². The number of rotatable bonds is 3. The van der Waals surface area contributed by atoms with E-state index in [1.807, 2.05) is 12.1 Å². The molecule has 0 aliphatic carbocycles. The minimum Gasteiger partial charge on any atom is -0.507 e. The van der Waals surface area contributed by atoms with E-state index in [1.165, 1.54) is 12.1 Å². The monoisotopic (exact) mass is 263 g/mol. The van der Waals surface area contributed by atoms with E-state index in [2.05, 4.69) is 5.32 Å². The molecule has 4 heteroatoms. The maximum Gasteiger partial charge on any atom is 0.181 e. The molecule has 19 heavy (non-hydrogen) atoms. The third kappa shape index (κ3) is 2.84. The Bertz CT molecular complexity index is 588. The van der Waals surface area contributed by atoms with Gasteiger partial charge in [0.05, 0.1) is 5.69 Å². The molecule has 100 valence electrons. The van der Waals surface area contributed by atoms with Gasteiger partial charge in [-0.25, -0.2) is 8.78 Å². The average molecular weight is 263 g/mol. The number of phenolic OH excluding ortho intramolecular Hbond substituents is 1. The zero-order valence-corrected chi connectivity index (χ0v) is 10.8. The van der Waals surface area contributed by atoms with Crippen LogP contribution < -0.4 is 5.32 Å². The van der Waals surface area contributed by atoms with Crippen LogP contribution in [0.5, 0.6) is 5.75 Å². The maximum atomic E-state index is 13.4. The van der Waals surface area contributed by atoms with Gasteiger partial charge in [0.25, 0.3) is 0 Å². The van der Waals surface area contributed by atoms with E-state index < -0.39 is 11.6 Å². The molecule has 2 aromatic carbocycles. The van der Waals surface area contributed by atoms with Gasteiger partial charge in [-0.05, 0) is 42.7 Å². The summed E-state index contributed by atoms with van der Waals surface area (Å²) >= 11 is 0. The predicted molar refractivity (Wildman–Crippen MR) is 71.3 cm³/mol. The minimum absolute atomic E-state index is 0.128. The SMILES string of the molecule is Cc1cc(CNc2cccc(F)c2F)cc(C)c1O.